The quantitative estimate of drug-likeness (QED) is 0.471. The zero-order valence-electron chi connectivity index (χ0n) is 13.2. The van der Waals surface area contributed by atoms with Gasteiger partial charge in [-0.25, -0.2) is 0 Å². The fraction of sp³-hybridized carbons (Fsp3) is 0.600. The number of halogens is 2. The number of benzene rings is 1. The van der Waals surface area contributed by atoms with Gasteiger partial charge in [-0.05, 0) is 97.7 Å². The zero-order chi connectivity index (χ0) is 15.4. The summed E-state index contributed by atoms with van der Waals surface area (Å²) in [5.41, 5.74) is 1.55. The van der Waals surface area contributed by atoms with Gasteiger partial charge in [0.1, 0.15) is 0 Å². The number of hydrogen-bond acceptors (Lipinski definition) is 0. The van der Waals surface area contributed by atoms with Gasteiger partial charge in [-0.3, -0.25) is 0 Å². The predicted molar refractivity (Wildman–Crippen MR) is 102 cm³/mol. The topological polar surface area (TPSA) is 0 Å². The molecule has 0 unspecified atom stereocenters. The van der Waals surface area contributed by atoms with Gasteiger partial charge in [0.25, 0.3) is 0 Å². The minimum Gasteiger partial charge on any atom is -0.0745 e. The van der Waals surface area contributed by atoms with Crippen LogP contribution in [0.25, 0.3) is 0 Å². The van der Waals surface area contributed by atoms with Crippen molar-refractivity contribution in [1.82, 2.24) is 0 Å². The third-order valence-corrected chi connectivity index (χ3v) is 6.78. The molecule has 1 aromatic rings. The van der Waals surface area contributed by atoms with Gasteiger partial charge in [-0.2, -0.15) is 0 Å². The van der Waals surface area contributed by atoms with Crippen molar-refractivity contribution in [1.29, 1.82) is 0 Å². The maximum atomic E-state index is 3.54. The van der Waals surface area contributed by atoms with E-state index < -0.39 is 0 Å². The molecular weight excluding hydrogens is 400 g/mol. The van der Waals surface area contributed by atoms with Crippen LogP contribution < -0.4 is 0 Å². The van der Waals surface area contributed by atoms with Crippen LogP contribution in [0.3, 0.4) is 0 Å². The molecule has 3 rings (SSSR count). The average molecular weight is 426 g/mol. The molecule has 0 heterocycles. The largest absolute Gasteiger partial charge is 0.0745 e. The van der Waals surface area contributed by atoms with Crippen LogP contribution in [0.4, 0.5) is 0 Å². The Morgan fingerprint density at radius 2 is 1.32 bits per heavy atom. The van der Waals surface area contributed by atoms with E-state index in [0.29, 0.717) is 0 Å². The molecule has 1 aromatic carbocycles. The van der Waals surface area contributed by atoms with Crippen molar-refractivity contribution in [3.63, 3.8) is 0 Å². The van der Waals surface area contributed by atoms with Gasteiger partial charge in [-0.15, -0.1) is 0 Å². The lowest BCUT2D eigenvalue weighted by molar-refractivity contribution is 0.171. The first-order valence-corrected chi connectivity index (χ1v) is 10.5. The maximum absolute atomic E-state index is 3.54. The Labute approximate surface area is 152 Å². The van der Waals surface area contributed by atoms with E-state index in [1.165, 1.54) is 55.8 Å². The first-order valence-electron chi connectivity index (χ1n) is 8.78. The number of hydrogen-bond donors (Lipinski definition) is 0. The van der Waals surface area contributed by atoms with Crippen molar-refractivity contribution >= 4 is 31.9 Å². The molecule has 0 atom stereocenters. The summed E-state index contributed by atoms with van der Waals surface area (Å²) in [4.78, 5) is 2.06. The first kappa shape index (κ1) is 16.8. The Morgan fingerprint density at radius 3 is 1.86 bits per heavy atom. The molecule has 2 aliphatic rings. The van der Waals surface area contributed by atoms with Crippen molar-refractivity contribution < 1.29 is 0 Å². The summed E-state index contributed by atoms with van der Waals surface area (Å²) in [5, 5.41) is 0. The Hall–Kier alpha value is -0.0800. The standard InChI is InChI=1S/C20H26Br2/c21-14-13-15-1-3-16(4-2-15)17-5-7-18(8-6-17)19-9-11-20(22)12-10-19/h9-18H,1-8H2/b14-13+. The molecule has 0 amide bonds. The average Bonchev–Trinajstić information content (AvgIpc) is 2.57. The molecule has 2 saturated carbocycles. The second-order valence-electron chi connectivity index (χ2n) is 7.16. The van der Waals surface area contributed by atoms with Gasteiger partial charge in [-0.1, -0.05) is 50.1 Å². The maximum Gasteiger partial charge on any atom is 0.0175 e. The molecule has 2 aliphatic carbocycles. The van der Waals surface area contributed by atoms with E-state index in [4.69, 9.17) is 0 Å². The molecule has 0 aromatic heterocycles. The van der Waals surface area contributed by atoms with E-state index >= 15 is 0 Å². The van der Waals surface area contributed by atoms with Crippen LogP contribution in [0, 0.1) is 17.8 Å². The highest BCUT2D eigenvalue weighted by Crippen LogP contribution is 2.44. The highest BCUT2D eigenvalue weighted by Gasteiger charge is 2.30. The van der Waals surface area contributed by atoms with Crippen molar-refractivity contribution in [2.24, 2.45) is 17.8 Å². The van der Waals surface area contributed by atoms with E-state index in [9.17, 15) is 0 Å². The summed E-state index contributed by atoms with van der Waals surface area (Å²) in [7, 11) is 0. The molecular formula is C20H26Br2. The van der Waals surface area contributed by atoms with Gasteiger partial charge < -0.3 is 0 Å². The van der Waals surface area contributed by atoms with E-state index in [1.807, 2.05) is 0 Å². The summed E-state index contributed by atoms with van der Waals surface area (Å²) < 4.78 is 1.19. The van der Waals surface area contributed by atoms with Crippen LogP contribution in [-0.2, 0) is 0 Å². The van der Waals surface area contributed by atoms with Crippen molar-refractivity contribution in [2.45, 2.75) is 57.3 Å². The van der Waals surface area contributed by atoms with Crippen LogP contribution in [0.5, 0.6) is 0 Å². The second-order valence-corrected chi connectivity index (χ2v) is 8.60. The van der Waals surface area contributed by atoms with E-state index in [0.717, 1.165) is 23.7 Å². The van der Waals surface area contributed by atoms with Gasteiger partial charge in [0.15, 0.2) is 0 Å². The van der Waals surface area contributed by atoms with E-state index in [1.54, 1.807) is 5.56 Å². The molecule has 0 spiro atoms. The monoisotopic (exact) mass is 424 g/mol. The molecule has 0 aliphatic heterocycles. The lowest BCUT2D eigenvalue weighted by Gasteiger charge is -2.37. The van der Waals surface area contributed by atoms with Crippen LogP contribution in [0.15, 0.2) is 39.8 Å². The van der Waals surface area contributed by atoms with E-state index in [-0.39, 0.29) is 0 Å². The summed E-state index contributed by atoms with van der Waals surface area (Å²) >= 11 is 6.97. The van der Waals surface area contributed by atoms with Gasteiger partial charge in [0.05, 0.1) is 0 Å². The molecule has 22 heavy (non-hydrogen) atoms. The third kappa shape index (κ3) is 4.26. The molecule has 0 nitrogen and oxygen atoms in total. The Balaban J connectivity index is 1.49. The van der Waals surface area contributed by atoms with Crippen LogP contribution in [0.2, 0.25) is 0 Å². The highest BCUT2D eigenvalue weighted by atomic mass is 79.9. The van der Waals surface area contributed by atoms with Crippen LogP contribution in [0.1, 0.15) is 62.8 Å². The van der Waals surface area contributed by atoms with Crippen LogP contribution >= 0.6 is 31.9 Å². The summed E-state index contributed by atoms with van der Waals surface area (Å²) in [6.45, 7) is 0. The number of allylic oxidation sites excluding steroid dienone is 1. The lowest BCUT2D eigenvalue weighted by Crippen LogP contribution is -2.25. The molecule has 0 N–H and O–H groups in total. The summed E-state index contributed by atoms with van der Waals surface area (Å²) in [6.07, 6.45) is 13.8. The predicted octanol–water partition coefficient (Wildman–Crippen LogP) is 7.44. The third-order valence-electron chi connectivity index (χ3n) is 5.94. The van der Waals surface area contributed by atoms with Crippen molar-refractivity contribution in [3.8, 4) is 0 Å². The Bertz CT molecular complexity index is 475. The molecule has 120 valence electrons. The Kier molecular flexibility index (Phi) is 6.21. The Morgan fingerprint density at radius 1 is 0.773 bits per heavy atom. The first-order chi connectivity index (χ1) is 10.8. The second kappa shape index (κ2) is 8.15. The SMILES string of the molecule is Br/C=C/C1CCC(C2CCC(c3ccc(Br)cc3)CC2)CC1. The highest BCUT2D eigenvalue weighted by molar-refractivity contribution is 9.11. The summed E-state index contributed by atoms with van der Waals surface area (Å²) in [6, 6.07) is 9.01. The summed E-state index contributed by atoms with van der Waals surface area (Å²) in [5.74, 6) is 3.64. The fourth-order valence-corrected chi connectivity index (χ4v) is 5.27. The van der Waals surface area contributed by atoms with Gasteiger partial charge in [0, 0.05) is 4.47 Å². The van der Waals surface area contributed by atoms with Crippen molar-refractivity contribution in [3.05, 3.63) is 45.4 Å². The van der Waals surface area contributed by atoms with Gasteiger partial charge >= 0.3 is 0 Å². The molecule has 2 heteroatoms. The van der Waals surface area contributed by atoms with Crippen LogP contribution in [-0.4, -0.2) is 0 Å². The molecule has 0 bridgehead atoms. The number of rotatable bonds is 3. The lowest BCUT2D eigenvalue weighted by atomic mass is 9.68. The fourth-order valence-electron chi connectivity index (χ4n) is 4.57. The van der Waals surface area contributed by atoms with Gasteiger partial charge in [0.2, 0.25) is 0 Å². The molecule has 2 fully saturated rings. The molecule has 0 radical (unpaired) electrons. The minimum atomic E-state index is 0.803. The zero-order valence-corrected chi connectivity index (χ0v) is 16.4. The van der Waals surface area contributed by atoms with E-state index in [2.05, 4.69) is 67.2 Å². The van der Waals surface area contributed by atoms with Crippen molar-refractivity contribution in [2.75, 3.05) is 0 Å². The minimum absolute atomic E-state index is 0.803. The molecule has 0 saturated heterocycles. The smallest absolute Gasteiger partial charge is 0.0175 e. The normalized spacial score (nSPS) is 33.2.